The minimum atomic E-state index is -3.34. The molecule has 0 fully saturated rings. The van der Waals surface area contributed by atoms with Crippen LogP contribution in [0.1, 0.15) is 22.5 Å². The molecule has 1 aromatic rings. The minimum absolute atomic E-state index is 0.0890. The number of carbonyl (C=O) groups is 1. The zero-order valence-corrected chi connectivity index (χ0v) is 6.99. The molecule has 5 nitrogen and oxygen atoms in total. The second kappa shape index (κ2) is 4.03. The second-order valence-electron chi connectivity index (χ2n) is 2.43. The molecular formula is C7H3F3N2O3. The van der Waals surface area contributed by atoms with Crippen molar-refractivity contribution in [3.05, 3.63) is 33.4 Å². The van der Waals surface area contributed by atoms with E-state index in [1.165, 1.54) is 0 Å². The van der Waals surface area contributed by atoms with Crippen LogP contribution in [0.3, 0.4) is 0 Å². The Balaban J connectivity index is 3.49. The smallest absolute Gasteiger partial charge is 0.296 e. The molecule has 15 heavy (non-hydrogen) atoms. The Morgan fingerprint density at radius 3 is 2.53 bits per heavy atom. The number of pyridine rings is 1. The number of nitro groups is 1. The van der Waals surface area contributed by atoms with Gasteiger partial charge in [-0.3, -0.25) is 14.9 Å². The van der Waals surface area contributed by atoms with Gasteiger partial charge in [-0.25, -0.2) is 13.8 Å². The van der Waals surface area contributed by atoms with Gasteiger partial charge in [-0.2, -0.15) is 4.39 Å². The zero-order valence-electron chi connectivity index (χ0n) is 6.99. The van der Waals surface area contributed by atoms with Gasteiger partial charge in [0.15, 0.2) is 6.29 Å². The molecule has 0 bridgehead atoms. The van der Waals surface area contributed by atoms with Gasteiger partial charge in [-0.05, 0) is 0 Å². The van der Waals surface area contributed by atoms with E-state index in [0.29, 0.717) is 6.20 Å². The van der Waals surface area contributed by atoms with Crippen LogP contribution >= 0.6 is 0 Å². The average Bonchev–Trinajstić information content (AvgIpc) is 2.15. The van der Waals surface area contributed by atoms with Crippen molar-refractivity contribution in [3.8, 4) is 0 Å². The lowest BCUT2D eigenvalue weighted by atomic mass is 10.2. The van der Waals surface area contributed by atoms with Crippen LogP contribution < -0.4 is 0 Å². The van der Waals surface area contributed by atoms with Crippen molar-refractivity contribution in [2.24, 2.45) is 0 Å². The van der Waals surface area contributed by atoms with Gasteiger partial charge in [0.25, 0.3) is 6.43 Å². The quantitative estimate of drug-likeness (QED) is 0.442. The fourth-order valence-corrected chi connectivity index (χ4v) is 0.936. The summed E-state index contributed by atoms with van der Waals surface area (Å²) in [4.78, 5) is 22.3. The summed E-state index contributed by atoms with van der Waals surface area (Å²) in [6, 6.07) is 0. The van der Waals surface area contributed by atoms with Crippen LogP contribution in [0.5, 0.6) is 0 Å². The Labute approximate surface area is 80.7 Å². The molecule has 0 spiro atoms. The van der Waals surface area contributed by atoms with Gasteiger partial charge < -0.3 is 0 Å². The van der Waals surface area contributed by atoms with Crippen LogP contribution in [0.2, 0.25) is 0 Å². The molecule has 0 amide bonds. The van der Waals surface area contributed by atoms with Gasteiger partial charge in [0.1, 0.15) is 11.9 Å². The molecule has 0 unspecified atom stereocenters. The highest BCUT2D eigenvalue weighted by Gasteiger charge is 2.27. The molecule has 0 radical (unpaired) electrons. The Bertz CT molecular complexity index is 422. The van der Waals surface area contributed by atoms with E-state index in [9.17, 15) is 28.1 Å². The monoisotopic (exact) mass is 220 g/mol. The molecule has 0 aliphatic carbocycles. The van der Waals surface area contributed by atoms with Crippen molar-refractivity contribution >= 4 is 12.0 Å². The van der Waals surface area contributed by atoms with Gasteiger partial charge in [0.2, 0.25) is 5.82 Å². The highest BCUT2D eigenvalue weighted by Crippen LogP contribution is 2.29. The summed E-state index contributed by atoms with van der Waals surface area (Å²) in [6.07, 6.45) is -3.00. The molecule has 1 aromatic heterocycles. The molecule has 0 saturated heterocycles. The predicted octanol–water partition coefficient (Wildman–Crippen LogP) is 1.88. The van der Waals surface area contributed by atoms with Crippen LogP contribution in [0, 0.1) is 15.9 Å². The first-order valence-corrected chi connectivity index (χ1v) is 3.55. The van der Waals surface area contributed by atoms with E-state index in [1.54, 1.807) is 0 Å². The van der Waals surface area contributed by atoms with E-state index < -0.39 is 34.1 Å². The third-order valence-corrected chi connectivity index (χ3v) is 1.59. The Morgan fingerprint density at radius 2 is 2.13 bits per heavy atom. The maximum Gasteiger partial charge on any atom is 0.323 e. The molecule has 8 heteroatoms. The Hall–Kier alpha value is -1.99. The van der Waals surface area contributed by atoms with Crippen molar-refractivity contribution < 1.29 is 22.9 Å². The van der Waals surface area contributed by atoms with Gasteiger partial charge in [-0.15, -0.1) is 0 Å². The number of halogens is 3. The topological polar surface area (TPSA) is 73.1 Å². The van der Waals surface area contributed by atoms with Crippen LogP contribution in [-0.4, -0.2) is 16.2 Å². The number of aldehydes is 1. The fraction of sp³-hybridized carbons (Fsp3) is 0.143. The molecule has 0 saturated carbocycles. The summed E-state index contributed by atoms with van der Waals surface area (Å²) in [5.41, 5.74) is -3.37. The molecule has 80 valence electrons. The highest BCUT2D eigenvalue weighted by molar-refractivity contribution is 5.75. The molecule has 1 rings (SSSR count). The maximum absolute atomic E-state index is 13.1. The van der Waals surface area contributed by atoms with Crippen molar-refractivity contribution in [2.75, 3.05) is 0 Å². The lowest BCUT2D eigenvalue weighted by molar-refractivity contribution is -0.388. The summed E-state index contributed by atoms with van der Waals surface area (Å²) in [5, 5.41) is 10.2. The van der Waals surface area contributed by atoms with Crippen molar-refractivity contribution in [1.29, 1.82) is 0 Å². The van der Waals surface area contributed by atoms with Gasteiger partial charge in [-0.1, -0.05) is 0 Å². The van der Waals surface area contributed by atoms with E-state index >= 15 is 0 Å². The number of nitrogens with zero attached hydrogens (tertiary/aromatic N) is 2. The van der Waals surface area contributed by atoms with E-state index in [2.05, 4.69) is 4.98 Å². The van der Waals surface area contributed by atoms with Gasteiger partial charge >= 0.3 is 5.69 Å². The normalized spacial score (nSPS) is 10.4. The predicted molar refractivity (Wildman–Crippen MR) is 41.2 cm³/mol. The van der Waals surface area contributed by atoms with Gasteiger partial charge in [0.05, 0.1) is 10.5 Å². The van der Waals surface area contributed by atoms with Crippen molar-refractivity contribution in [1.82, 2.24) is 4.98 Å². The molecular weight excluding hydrogens is 217 g/mol. The number of alkyl halides is 2. The zero-order chi connectivity index (χ0) is 11.6. The molecule has 1 heterocycles. The third-order valence-electron chi connectivity index (χ3n) is 1.59. The number of aromatic nitrogens is 1. The highest BCUT2D eigenvalue weighted by atomic mass is 19.3. The SMILES string of the molecule is O=Cc1ncc([N+](=O)[O-])c(F)c1C(F)F. The first kappa shape index (κ1) is 11.1. The van der Waals surface area contributed by atoms with Gasteiger partial charge in [0, 0.05) is 0 Å². The molecule has 0 atom stereocenters. The molecule has 0 N–H and O–H groups in total. The summed E-state index contributed by atoms with van der Waals surface area (Å²) < 4.78 is 37.6. The van der Waals surface area contributed by atoms with Crippen LogP contribution in [0.15, 0.2) is 6.20 Å². The number of hydrogen-bond donors (Lipinski definition) is 0. The molecule has 0 aliphatic rings. The average molecular weight is 220 g/mol. The van der Waals surface area contributed by atoms with E-state index in [1.807, 2.05) is 0 Å². The fourth-order valence-electron chi connectivity index (χ4n) is 0.936. The van der Waals surface area contributed by atoms with E-state index in [0.717, 1.165) is 0 Å². The lowest BCUT2D eigenvalue weighted by Gasteiger charge is -2.03. The Kier molecular flexibility index (Phi) is 2.98. The van der Waals surface area contributed by atoms with Crippen LogP contribution in [-0.2, 0) is 0 Å². The van der Waals surface area contributed by atoms with Crippen LogP contribution in [0.25, 0.3) is 0 Å². The third kappa shape index (κ3) is 1.92. The lowest BCUT2D eigenvalue weighted by Crippen LogP contribution is -2.05. The molecule has 0 aromatic carbocycles. The molecule has 0 aliphatic heterocycles. The largest absolute Gasteiger partial charge is 0.323 e. The summed E-state index contributed by atoms with van der Waals surface area (Å²) in [5.74, 6) is -1.73. The first-order chi connectivity index (χ1) is 6.99. The van der Waals surface area contributed by atoms with Crippen molar-refractivity contribution in [3.63, 3.8) is 0 Å². The number of rotatable bonds is 3. The summed E-state index contributed by atoms with van der Waals surface area (Å²) >= 11 is 0. The van der Waals surface area contributed by atoms with Crippen LogP contribution in [0.4, 0.5) is 18.9 Å². The van der Waals surface area contributed by atoms with Crippen molar-refractivity contribution in [2.45, 2.75) is 6.43 Å². The maximum atomic E-state index is 13.1. The van der Waals surface area contributed by atoms with E-state index in [4.69, 9.17) is 0 Å². The standard InChI is InChI=1S/C7H3F3N2O3/c8-6-4(12(14)15)1-11-3(2-13)5(6)7(9)10/h1-2,7H. The first-order valence-electron chi connectivity index (χ1n) is 3.55. The van der Waals surface area contributed by atoms with E-state index in [-0.39, 0.29) is 6.29 Å². The second-order valence-corrected chi connectivity index (χ2v) is 2.43. The summed E-state index contributed by atoms with van der Waals surface area (Å²) in [6.45, 7) is 0. The number of carbonyl (C=O) groups excluding carboxylic acids is 1. The number of hydrogen-bond acceptors (Lipinski definition) is 4. The summed E-state index contributed by atoms with van der Waals surface area (Å²) in [7, 11) is 0. The minimum Gasteiger partial charge on any atom is -0.296 e. The Morgan fingerprint density at radius 1 is 1.53 bits per heavy atom.